The first-order valence-corrected chi connectivity index (χ1v) is 10.0. The minimum atomic E-state index is -3.42. The van der Waals surface area contributed by atoms with Crippen molar-refractivity contribution in [3.63, 3.8) is 0 Å². The maximum Gasteiger partial charge on any atom is 0.240 e. The van der Waals surface area contributed by atoms with Crippen LogP contribution >= 0.6 is 11.8 Å². The van der Waals surface area contributed by atoms with Crippen LogP contribution < -0.4 is 10.0 Å². The van der Waals surface area contributed by atoms with Gasteiger partial charge in [0.05, 0.1) is 4.90 Å². The van der Waals surface area contributed by atoms with Crippen LogP contribution in [-0.2, 0) is 16.6 Å². The zero-order valence-corrected chi connectivity index (χ0v) is 14.7. The summed E-state index contributed by atoms with van der Waals surface area (Å²) in [6.45, 7) is 7.81. The molecule has 1 unspecified atom stereocenters. The van der Waals surface area contributed by atoms with Gasteiger partial charge in [0.1, 0.15) is 0 Å². The van der Waals surface area contributed by atoms with Crippen molar-refractivity contribution in [3.8, 4) is 0 Å². The summed E-state index contributed by atoms with van der Waals surface area (Å²) >= 11 is 1.73. The minimum absolute atomic E-state index is 0.0640. The SMILES string of the molecule is CCCNCc1ccc(S(=O)(=O)NC(C)CSCC)cc1. The summed E-state index contributed by atoms with van der Waals surface area (Å²) in [5.74, 6) is 1.78. The molecule has 0 aromatic heterocycles. The quantitative estimate of drug-likeness (QED) is 0.648. The molecule has 0 saturated heterocycles. The third-order valence-electron chi connectivity index (χ3n) is 2.92. The lowest BCUT2D eigenvalue weighted by Gasteiger charge is -2.14. The third-order valence-corrected chi connectivity index (χ3v) is 5.67. The largest absolute Gasteiger partial charge is 0.313 e. The van der Waals surface area contributed by atoms with Crippen LogP contribution in [0.2, 0.25) is 0 Å². The van der Waals surface area contributed by atoms with Crippen LogP contribution in [-0.4, -0.2) is 32.5 Å². The van der Waals surface area contributed by atoms with Crippen LogP contribution in [0.1, 0.15) is 32.8 Å². The van der Waals surface area contributed by atoms with Crippen LogP contribution in [0.15, 0.2) is 29.2 Å². The molecule has 0 heterocycles. The molecule has 4 nitrogen and oxygen atoms in total. The van der Waals surface area contributed by atoms with Gasteiger partial charge >= 0.3 is 0 Å². The van der Waals surface area contributed by atoms with Gasteiger partial charge in [-0.1, -0.05) is 26.0 Å². The smallest absolute Gasteiger partial charge is 0.240 e. The fourth-order valence-electron chi connectivity index (χ4n) is 1.86. The highest BCUT2D eigenvalue weighted by molar-refractivity contribution is 7.99. The Hall–Kier alpha value is -0.560. The lowest BCUT2D eigenvalue weighted by molar-refractivity contribution is 0.571. The molecule has 1 rings (SSSR count). The van der Waals surface area contributed by atoms with Crippen molar-refractivity contribution in [3.05, 3.63) is 29.8 Å². The molecular weight excluding hydrogens is 304 g/mol. The van der Waals surface area contributed by atoms with E-state index < -0.39 is 10.0 Å². The van der Waals surface area contributed by atoms with Gasteiger partial charge in [0, 0.05) is 18.3 Å². The van der Waals surface area contributed by atoms with Crippen molar-refractivity contribution in [2.45, 2.75) is 44.7 Å². The number of nitrogens with one attached hydrogen (secondary N) is 2. The molecule has 0 bridgehead atoms. The zero-order valence-electron chi connectivity index (χ0n) is 13.1. The number of hydrogen-bond donors (Lipinski definition) is 2. The maximum atomic E-state index is 12.2. The summed E-state index contributed by atoms with van der Waals surface area (Å²) in [7, 11) is -3.42. The Bertz CT molecular complexity index is 501. The van der Waals surface area contributed by atoms with Crippen LogP contribution in [0.25, 0.3) is 0 Å². The Morgan fingerprint density at radius 2 is 1.86 bits per heavy atom. The number of sulfonamides is 1. The van der Waals surface area contributed by atoms with Crippen molar-refractivity contribution in [2.75, 3.05) is 18.1 Å². The summed E-state index contributed by atoms with van der Waals surface area (Å²) < 4.78 is 27.2. The van der Waals surface area contributed by atoms with Crippen LogP contribution in [0.4, 0.5) is 0 Å². The highest BCUT2D eigenvalue weighted by Crippen LogP contribution is 2.12. The number of benzene rings is 1. The normalized spacial score (nSPS) is 13.3. The van der Waals surface area contributed by atoms with Gasteiger partial charge in [0.2, 0.25) is 10.0 Å². The minimum Gasteiger partial charge on any atom is -0.313 e. The van der Waals surface area contributed by atoms with Gasteiger partial charge in [0.15, 0.2) is 0 Å². The fraction of sp³-hybridized carbons (Fsp3) is 0.600. The third kappa shape index (κ3) is 6.82. The van der Waals surface area contributed by atoms with E-state index in [4.69, 9.17) is 0 Å². The molecule has 1 aromatic carbocycles. The Morgan fingerprint density at radius 1 is 1.19 bits per heavy atom. The molecular formula is C15H26N2O2S2. The molecule has 120 valence electrons. The molecule has 0 aliphatic heterocycles. The standard InChI is InChI=1S/C15H26N2O2S2/c1-4-10-16-11-14-6-8-15(9-7-14)21(18,19)17-13(3)12-20-5-2/h6-9,13,16-17H,4-5,10-12H2,1-3H3. The van der Waals surface area contributed by atoms with Crippen molar-refractivity contribution >= 4 is 21.8 Å². The molecule has 0 spiro atoms. The highest BCUT2D eigenvalue weighted by Gasteiger charge is 2.16. The molecule has 0 saturated carbocycles. The summed E-state index contributed by atoms with van der Waals surface area (Å²) in [6.07, 6.45) is 1.09. The molecule has 6 heteroatoms. The van der Waals surface area contributed by atoms with E-state index in [-0.39, 0.29) is 6.04 Å². The number of hydrogen-bond acceptors (Lipinski definition) is 4. The second-order valence-corrected chi connectivity index (χ2v) is 8.04. The predicted octanol–water partition coefficient (Wildman–Crippen LogP) is 2.61. The first-order chi connectivity index (χ1) is 9.99. The van der Waals surface area contributed by atoms with E-state index in [1.54, 1.807) is 23.9 Å². The van der Waals surface area contributed by atoms with Crippen molar-refractivity contribution < 1.29 is 8.42 Å². The number of thioether (sulfide) groups is 1. The highest BCUT2D eigenvalue weighted by atomic mass is 32.2. The van der Waals surface area contributed by atoms with Gasteiger partial charge in [-0.3, -0.25) is 0 Å². The van der Waals surface area contributed by atoms with E-state index in [0.717, 1.165) is 36.6 Å². The van der Waals surface area contributed by atoms with Crippen molar-refractivity contribution in [2.24, 2.45) is 0 Å². The Labute approximate surface area is 133 Å². The van der Waals surface area contributed by atoms with E-state index in [2.05, 4.69) is 23.9 Å². The maximum absolute atomic E-state index is 12.2. The molecule has 1 aromatic rings. The monoisotopic (exact) mass is 330 g/mol. The summed E-state index contributed by atoms with van der Waals surface area (Å²) in [4.78, 5) is 0.329. The molecule has 0 aliphatic rings. The molecule has 1 atom stereocenters. The lowest BCUT2D eigenvalue weighted by atomic mass is 10.2. The van der Waals surface area contributed by atoms with Gasteiger partial charge < -0.3 is 5.32 Å². The van der Waals surface area contributed by atoms with E-state index >= 15 is 0 Å². The predicted molar refractivity (Wildman–Crippen MR) is 91.2 cm³/mol. The Balaban J connectivity index is 2.62. The summed E-state index contributed by atoms with van der Waals surface area (Å²) in [5.41, 5.74) is 1.09. The average Bonchev–Trinajstić information content (AvgIpc) is 2.45. The van der Waals surface area contributed by atoms with Crippen LogP contribution in [0.5, 0.6) is 0 Å². The Kier molecular flexibility index (Phi) is 8.33. The first kappa shape index (κ1) is 18.5. The van der Waals surface area contributed by atoms with Gasteiger partial charge in [-0.25, -0.2) is 13.1 Å². The molecule has 0 fully saturated rings. The molecule has 21 heavy (non-hydrogen) atoms. The van der Waals surface area contributed by atoms with E-state index in [9.17, 15) is 8.42 Å². The topological polar surface area (TPSA) is 58.2 Å². The van der Waals surface area contributed by atoms with Gasteiger partial charge in [0.25, 0.3) is 0 Å². The molecule has 0 aliphatic carbocycles. The first-order valence-electron chi connectivity index (χ1n) is 7.39. The van der Waals surface area contributed by atoms with Crippen LogP contribution in [0, 0.1) is 0 Å². The molecule has 2 N–H and O–H groups in total. The van der Waals surface area contributed by atoms with Gasteiger partial charge in [-0.05, 0) is 43.3 Å². The average molecular weight is 331 g/mol. The molecule has 0 radical (unpaired) electrons. The van der Waals surface area contributed by atoms with Crippen molar-refractivity contribution in [1.82, 2.24) is 10.0 Å². The second kappa shape index (κ2) is 9.46. The van der Waals surface area contributed by atoms with Crippen molar-refractivity contribution in [1.29, 1.82) is 0 Å². The fourth-order valence-corrected chi connectivity index (χ4v) is 3.88. The Morgan fingerprint density at radius 3 is 2.43 bits per heavy atom. The van der Waals surface area contributed by atoms with Gasteiger partial charge in [-0.2, -0.15) is 11.8 Å². The zero-order chi connectivity index (χ0) is 15.7. The van der Waals surface area contributed by atoms with Gasteiger partial charge in [-0.15, -0.1) is 0 Å². The van der Waals surface area contributed by atoms with E-state index in [0.29, 0.717) is 4.90 Å². The lowest BCUT2D eigenvalue weighted by Crippen LogP contribution is -2.34. The van der Waals surface area contributed by atoms with E-state index in [1.807, 2.05) is 19.1 Å². The number of rotatable bonds is 10. The van der Waals surface area contributed by atoms with E-state index in [1.165, 1.54) is 0 Å². The summed E-state index contributed by atoms with van der Waals surface area (Å²) in [5, 5.41) is 3.30. The van der Waals surface area contributed by atoms with Crippen LogP contribution in [0.3, 0.4) is 0 Å². The second-order valence-electron chi connectivity index (χ2n) is 5.00. The molecule has 0 amide bonds. The summed E-state index contributed by atoms with van der Waals surface area (Å²) in [6, 6.07) is 7.01.